The molecule has 134 valence electrons. The number of hydrogen-bond donors (Lipinski definition) is 1. The summed E-state index contributed by atoms with van der Waals surface area (Å²) in [4.78, 5) is 12.5. The fourth-order valence-electron chi connectivity index (χ4n) is 2.28. The second kappa shape index (κ2) is 8.31. The van der Waals surface area contributed by atoms with Crippen molar-refractivity contribution in [1.29, 1.82) is 0 Å². The number of benzene rings is 2. The van der Waals surface area contributed by atoms with Gasteiger partial charge in [0.05, 0.1) is 4.90 Å². The summed E-state index contributed by atoms with van der Waals surface area (Å²) in [5.41, 5.74) is 0.828. The number of hydrogen-bond acceptors (Lipinski definition) is 3. The van der Waals surface area contributed by atoms with Gasteiger partial charge < -0.3 is 5.32 Å². The molecule has 0 spiro atoms. The second-order valence-corrected chi connectivity index (χ2v) is 8.39. The minimum atomic E-state index is -3.68. The first-order valence-electron chi connectivity index (χ1n) is 7.66. The Morgan fingerprint density at radius 2 is 1.72 bits per heavy atom. The molecule has 0 saturated heterocycles. The first-order valence-corrected chi connectivity index (χ1v) is 10.3. The maximum atomic E-state index is 12.7. The summed E-state index contributed by atoms with van der Waals surface area (Å²) in [6.07, 6.45) is 0. The molecule has 1 amide bonds. The van der Waals surface area contributed by atoms with Crippen molar-refractivity contribution in [3.8, 4) is 0 Å². The monoisotopic (exact) mass is 444 g/mol. The number of nitrogens with one attached hydrogen (secondary N) is 1. The van der Waals surface area contributed by atoms with Crippen molar-refractivity contribution in [3.05, 3.63) is 57.5 Å². The first-order chi connectivity index (χ1) is 11.8. The Hall–Kier alpha value is -1.41. The maximum Gasteiger partial charge on any atom is 0.255 e. The van der Waals surface area contributed by atoms with Gasteiger partial charge in [-0.05, 0) is 58.4 Å². The summed E-state index contributed by atoms with van der Waals surface area (Å²) in [7, 11) is -3.68. The van der Waals surface area contributed by atoms with Gasteiger partial charge in [-0.2, -0.15) is 4.31 Å². The normalized spacial score (nSPS) is 11.6. The van der Waals surface area contributed by atoms with Gasteiger partial charge in [0, 0.05) is 33.8 Å². The van der Waals surface area contributed by atoms with E-state index in [1.54, 1.807) is 50.2 Å². The standard InChI is InChI=1S/C17H18BrClN2O3S/c1-3-21(4-2)25(23,24)16-11-12(5-10-15(16)18)17(22)20-14-8-6-13(19)7-9-14/h5-11H,3-4H2,1-2H3,(H,20,22). The molecular weight excluding hydrogens is 428 g/mol. The highest BCUT2D eigenvalue weighted by Gasteiger charge is 2.25. The summed E-state index contributed by atoms with van der Waals surface area (Å²) >= 11 is 9.09. The van der Waals surface area contributed by atoms with Gasteiger partial charge in [0.2, 0.25) is 10.0 Å². The molecule has 0 radical (unpaired) electrons. The third-order valence-electron chi connectivity index (χ3n) is 3.62. The van der Waals surface area contributed by atoms with Crippen LogP contribution >= 0.6 is 27.5 Å². The SMILES string of the molecule is CCN(CC)S(=O)(=O)c1cc(C(=O)Nc2ccc(Cl)cc2)ccc1Br. The van der Waals surface area contributed by atoms with Crippen LogP contribution in [0.15, 0.2) is 51.8 Å². The Balaban J connectivity index is 2.35. The van der Waals surface area contributed by atoms with Crippen molar-refractivity contribution >= 4 is 49.1 Å². The molecule has 0 atom stereocenters. The van der Waals surface area contributed by atoms with Crippen LogP contribution in [0.25, 0.3) is 0 Å². The molecule has 0 aliphatic rings. The summed E-state index contributed by atoms with van der Waals surface area (Å²) in [5, 5.41) is 3.28. The number of nitrogens with zero attached hydrogens (tertiary/aromatic N) is 1. The van der Waals surface area contributed by atoms with Crippen LogP contribution in [0.1, 0.15) is 24.2 Å². The van der Waals surface area contributed by atoms with Crippen LogP contribution in [0.3, 0.4) is 0 Å². The van der Waals surface area contributed by atoms with Gasteiger partial charge in [-0.25, -0.2) is 8.42 Å². The molecule has 0 aromatic heterocycles. The molecule has 2 aromatic rings. The lowest BCUT2D eigenvalue weighted by molar-refractivity contribution is 0.102. The van der Waals surface area contributed by atoms with E-state index < -0.39 is 15.9 Å². The molecule has 0 aliphatic carbocycles. The zero-order chi connectivity index (χ0) is 18.6. The lowest BCUT2D eigenvalue weighted by Gasteiger charge is -2.19. The number of carbonyl (C=O) groups is 1. The summed E-state index contributed by atoms with van der Waals surface area (Å²) in [6.45, 7) is 4.25. The third-order valence-corrected chi connectivity index (χ3v) is 6.91. The molecule has 2 aromatic carbocycles. The van der Waals surface area contributed by atoms with Gasteiger partial charge in [0.1, 0.15) is 0 Å². The van der Waals surface area contributed by atoms with Crippen molar-refractivity contribution < 1.29 is 13.2 Å². The van der Waals surface area contributed by atoms with E-state index in [0.29, 0.717) is 28.3 Å². The number of amides is 1. The average Bonchev–Trinajstić information content (AvgIpc) is 2.58. The molecule has 1 N–H and O–H groups in total. The Morgan fingerprint density at radius 3 is 2.28 bits per heavy atom. The van der Waals surface area contributed by atoms with Crippen LogP contribution in [0.4, 0.5) is 5.69 Å². The van der Waals surface area contributed by atoms with Gasteiger partial charge in [-0.3, -0.25) is 4.79 Å². The van der Waals surface area contributed by atoms with Crippen LogP contribution in [0.2, 0.25) is 5.02 Å². The number of carbonyl (C=O) groups excluding carboxylic acids is 1. The molecule has 0 heterocycles. The van der Waals surface area contributed by atoms with E-state index >= 15 is 0 Å². The quantitative estimate of drug-likeness (QED) is 0.717. The van der Waals surface area contributed by atoms with Crippen LogP contribution < -0.4 is 5.32 Å². The van der Waals surface area contributed by atoms with E-state index in [9.17, 15) is 13.2 Å². The van der Waals surface area contributed by atoms with E-state index in [0.717, 1.165) is 0 Å². The number of halogens is 2. The molecule has 0 fully saturated rings. The maximum absolute atomic E-state index is 12.7. The van der Waals surface area contributed by atoms with Crippen LogP contribution in [-0.2, 0) is 10.0 Å². The Morgan fingerprint density at radius 1 is 1.12 bits per heavy atom. The Labute approximate surface area is 161 Å². The average molecular weight is 446 g/mol. The molecule has 25 heavy (non-hydrogen) atoms. The highest BCUT2D eigenvalue weighted by molar-refractivity contribution is 9.10. The zero-order valence-electron chi connectivity index (χ0n) is 13.8. The third kappa shape index (κ3) is 4.61. The van der Waals surface area contributed by atoms with Crippen molar-refractivity contribution in [2.45, 2.75) is 18.7 Å². The Kier molecular flexibility index (Phi) is 6.62. The van der Waals surface area contributed by atoms with Gasteiger partial charge in [0.15, 0.2) is 0 Å². The minimum absolute atomic E-state index is 0.0694. The van der Waals surface area contributed by atoms with Crippen LogP contribution in [0, 0.1) is 0 Å². The summed E-state index contributed by atoms with van der Waals surface area (Å²) in [5.74, 6) is -0.397. The van der Waals surface area contributed by atoms with Gasteiger partial charge >= 0.3 is 0 Å². The Bertz CT molecular complexity index is 866. The van der Waals surface area contributed by atoms with Crippen LogP contribution in [0.5, 0.6) is 0 Å². The lowest BCUT2D eigenvalue weighted by Crippen LogP contribution is -2.31. The van der Waals surface area contributed by atoms with Crippen molar-refractivity contribution in [2.75, 3.05) is 18.4 Å². The smallest absolute Gasteiger partial charge is 0.255 e. The molecular formula is C17H18BrClN2O3S. The van der Waals surface area contributed by atoms with Crippen LogP contribution in [-0.4, -0.2) is 31.7 Å². The molecule has 0 bridgehead atoms. The molecule has 0 saturated carbocycles. The summed E-state index contributed by atoms with van der Waals surface area (Å²) < 4.78 is 27.2. The second-order valence-electron chi connectivity index (χ2n) is 5.20. The summed E-state index contributed by atoms with van der Waals surface area (Å²) in [6, 6.07) is 11.2. The van der Waals surface area contributed by atoms with E-state index in [1.807, 2.05) is 0 Å². The van der Waals surface area contributed by atoms with Gasteiger partial charge in [0.25, 0.3) is 5.91 Å². The predicted molar refractivity (Wildman–Crippen MR) is 104 cm³/mol. The number of anilines is 1. The van der Waals surface area contributed by atoms with Gasteiger partial charge in [-0.15, -0.1) is 0 Å². The molecule has 8 heteroatoms. The molecule has 5 nitrogen and oxygen atoms in total. The molecule has 2 rings (SSSR count). The van der Waals surface area contributed by atoms with Crippen molar-refractivity contribution in [3.63, 3.8) is 0 Å². The molecule has 0 unspecified atom stereocenters. The van der Waals surface area contributed by atoms with E-state index in [1.165, 1.54) is 10.4 Å². The predicted octanol–water partition coefficient (Wildman–Crippen LogP) is 4.39. The highest BCUT2D eigenvalue weighted by Crippen LogP contribution is 2.26. The highest BCUT2D eigenvalue weighted by atomic mass is 79.9. The number of sulfonamides is 1. The fraction of sp³-hybridized carbons (Fsp3) is 0.235. The van der Waals surface area contributed by atoms with Crippen molar-refractivity contribution in [2.24, 2.45) is 0 Å². The van der Waals surface area contributed by atoms with E-state index in [2.05, 4.69) is 21.2 Å². The first kappa shape index (κ1) is 19.9. The lowest BCUT2D eigenvalue weighted by atomic mass is 10.2. The van der Waals surface area contributed by atoms with Gasteiger partial charge in [-0.1, -0.05) is 25.4 Å². The molecule has 0 aliphatic heterocycles. The van der Waals surface area contributed by atoms with E-state index in [4.69, 9.17) is 11.6 Å². The minimum Gasteiger partial charge on any atom is -0.322 e. The topological polar surface area (TPSA) is 66.5 Å². The number of rotatable bonds is 6. The van der Waals surface area contributed by atoms with E-state index in [-0.39, 0.29) is 10.5 Å². The largest absolute Gasteiger partial charge is 0.322 e. The van der Waals surface area contributed by atoms with Crippen molar-refractivity contribution in [1.82, 2.24) is 4.31 Å². The fourth-order valence-corrected chi connectivity index (χ4v) is 4.82. The zero-order valence-corrected chi connectivity index (χ0v) is 17.0.